The third kappa shape index (κ3) is 5.48. The number of halogens is 3. The van der Waals surface area contributed by atoms with Crippen LogP contribution in [0.2, 0.25) is 0 Å². The van der Waals surface area contributed by atoms with Gasteiger partial charge in [-0.2, -0.15) is 17.5 Å². The summed E-state index contributed by atoms with van der Waals surface area (Å²) < 4.78 is 62.3. The van der Waals surface area contributed by atoms with Crippen LogP contribution in [0.1, 0.15) is 18.1 Å². The number of likely N-dealkylation sites (N-methyl/N-ethyl adjacent to an activating group) is 1. The van der Waals surface area contributed by atoms with Crippen LogP contribution in [-0.4, -0.2) is 38.0 Å². The number of hydrogen-bond acceptors (Lipinski definition) is 4. The first-order valence-corrected chi connectivity index (χ1v) is 8.25. The first-order valence-electron chi connectivity index (χ1n) is 6.64. The van der Waals surface area contributed by atoms with E-state index in [4.69, 9.17) is 5.73 Å². The summed E-state index contributed by atoms with van der Waals surface area (Å²) in [5, 5.41) is 2.26. The van der Waals surface area contributed by atoms with Crippen molar-refractivity contribution in [2.24, 2.45) is 5.73 Å². The number of nitrogens with zero attached hydrogens (tertiary/aromatic N) is 1. The van der Waals surface area contributed by atoms with E-state index in [1.54, 1.807) is 0 Å². The van der Waals surface area contributed by atoms with Crippen molar-refractivity contribution in [3.63, 3.8) is 0 Å². The van der Waals surface area contributed by atoms with Crippen LogP contribution in [0.5, 0.6) is 0 Å². The Labute approximate surface area is 132 Å². The van der Waals surface area contributed by atoms with E-state index in [1.165, 1.54) is 20.0 Å². The second-order valence-electron chi connectivity index (χ2n) is 4.83. The topological polar surface area (TPSA) is 92.5 Å². The molecule has 1 amide bonds. The fraction of sp³-hybridized carbons (Fsp3) is 0.462. The molecule has 1 aromatic rings. The van der Waals surface area contributed by atoms with Crippen LogP contribution in [-0.2, 0) is 27.5 Å². The summed E-state index contributed by atoms with van der Waals surface area (Å²) in [6.45, 7) is 0.797. The molecule has 6 nitrogen and oxygen atoms in total. The van der Waals surface area contributed by atoms with E-state index in [0.29, 0.717) is 0 Å². The van der Waals surface area contributed by atoms with Crippen LogP contribution in [0.3, 0.4) is 0 Å². The van der Waals surface area contributed by atoms with Crippen molar-refractivity contribution in [3.05, 3.63) is 29.3 Å². The summed E-state index contributed by atoms with van der Waals surface area (Å²) in [5.41, 5.74) is 4.52. The Morgan fingerprint density at radius 3 is 2.39 bits per heavy atom. The number of carbonyl (C=O) groups is 1. The second kappa shape index (κ2) is 7.28. The number of anilines is 1. The predicted octanol–water partition coefficient (Wildman–Crippen LogP) is 1.38. The molecule has 0 unspecified atom stereocenters. The number of rotatable bonds is 6. The van der Waals surface area contributed by atoms with Crippen molar-refractivity contribution in [3.8, 4) is 0 Å². The molecule has 0 radical (unpaired) electrons. The lowest BCUT2D eigenvalue weighted by Gasteiger charge is -2.16. The number of nitrogens with two attached hydrogens (primary N) is 1. The quantitative estimate of drug-likeness (QED) is 0.808. The van der Waals surface area contributed by atoms with Crippen molar-refractivity contribution < 1.29 is 26.4 Å². The molecule has 0 aliphatic heterocycles. The molecule has 10 heteroatoms. The molecule has 0 saturated carbocycles. The van der Waals surface area contributed by atoms with Crippen molar-refractivity contribution >= 4 is 21.6 Å². The SMILES string of the molecule is CCS(=O)(=O)N(C)CC(=O)Nc1cc(CN)cc(C(F)(F)F)c1. The number of sulfonamides is 1. The first kappa shape index (κ1) is 19.4. The van der Waals surface area contributed by atoms with Gasteiger partial charge in [-0.1, -0.05) is 0 Å². The Bertz CT molecular complexity index is 675. The molecule has 0 aliphatic rings. The molecule has 0 aromatic heterocycles. The maximum atomic E-state index is 12.8. The minimum Gasteiger partial charge on any atom is -0.326 e. The van der Waals surface area contributed by atoms with Gasteiger partial charge in [0.05, 0.1) is 17.9 Å². The monoisotopic (exact) mass is 353 g/mol. The van der Waals surface area contributed by atoms with Gasteiger partial charge < -0.3 is 11.1 Å². The minimum absolute atomic E-state index is 0.0902. The summed E-state index contributed by atoms with van der Waals surface area (Å²) in [4.78, 5) is 11.8. The molecule has 0 fully saturated rings. The molecule has 3 N–H and O–H groups in total. The van der Waals surface area contributed by atoms with E-state index >= 15 is 0 Å². The van der Waals surface area contributed by atoms with Gasteiger partial charge in [0.2, 0.25) is 15.9 Å². The van der Waals surface area contributed by atoms with Crippen LogP contribution in [0, 0.1) is 0 Å². The third-order valence-corrected chi connectivity index (χ3v) is 4.85. The minimum atomic E-state index is -4.58. The van der Waals surface area contributed by atoms with E-state index in [1.807, 2.05) is 0 Å². The Hall–Kier alpha value is -1.65. The van der Waals surface area contributed by atoms with E-state index < -0.39 is 34.2 Å². The third-order valence-electron chi connectivity index (χ3n) is 3.05. The largest absolute Gasteiger partial charge is 0.416 e. The lowest BCUT2D eigenvalue weighted by molar-refractivity contribution is -0.137. The molecule has 0 heterocycles. The highest BCUT2D eigenvalue weighted by atomic mass is 32.2. The second-order valence-corrected chi connectivity index (χ2v) is 7.19. The van der Waals surface area contributed by atoms with Gasteiger partial charge in [-0.05, 0) is 30.7 Å². The number of carbonyl (C=O) groups excluding carboxylic acids is 1. The number of amides is 1. The van der Waals surface area contributed by atoms with Crippen LogP contribution in [0.15, 0.2) is 18.2 Å². The molecule has 23 heavy (non-hydrogen) atoms. The van der Waals surface area contributed by atoms with Crippen LogP contribution in [0.25, 0.3) is 0 Å². The van der Waals surface area contributed by atoms with Gasteiger partial charge in [0.15, 0.2) is 0 Å². The lowest BCUT2D eigenvalue weighted by atomic mass is 10.1. The highest BCUT2D eigenvalue weighted by molar-refractivity contribution is 7.89. The van der Waals surface area contributed by atoms with Gasteiger partial charge in [-0.3, -0.25) is 4.79 Å². The number of hydrogen-bond donors (Lipinski definition) is 2. The van der Waals surface area contributed by atoms with Crippen molar-refractivity contribution in [1.29, 1.82) is 0 Å². The van der Waals surface area contributed by atoms with Gasteiger partial charge in [-0.25, -0.2) is 8.42 Å². The normalized spacial score (nSPS) is 12.5. The summed E-state index contributed by atoms with van der Waals surface area (Å²) in [7, 11) is -2.34. The Morgan fingerprint density at radius 1 is 1.30 bits per heavy atom. The van der Waals surface area contributed by atoms with Crippen molar-refractivity contribution in [1.82, 2.24) is 4.31 Å². The molecule has 1 rings (SSSR count). The van der Waals surface area contributed by atoms with Gasteiger partial charge in [0.1, 0.15) is 0 Å². The summed E-state index contributed by atoms with van der Waals surface area (Å²) in [6, 6.07) is 2.97. The van der Waals surface area contributed by atoms with Gasteiger partial charge >= 0.3 is 6.18 Å². The summed E-state index contributed by atoms with van der Waals surface area (Å²) in [5.74, 6) is -0.927. The van der Waals surface area contributed by atoms with Crippen LogP contribution >= 0.6 is 0 Å². The van der Waals surface area contributed by atoms with Gasteiger partial charge in [0.25, 0.3) is 0 Å². The molecular weight excluding hydrogens is 335 g/mol. The van der Waals surface area contributed by atoms with E-state index in [0.717, 1.165) is 16.4 Å². The first-order chi connectivity index (χ1) is 10.5. The Morgan fingerprint density at radius 2 is 1.91 bits per heavy atom. The standard InChI is InChI=1S/C13H18F3N3O3S/c1-3-23(21,22)19(2)8-12(20)18-11-5-9(7-17)4-10(6-11)13(14,15)16/h4-6H,3,7-8,17H2,1-2H3,(H,18,20). The molecule has 130 valence electrons. The van der Waals surface area contributed by atoms with Crippen LogP contribution in [0.4, 0.5) is 18.9 Å². The molecular formula is C13H18F3N3O3S. The molecule has 0 saturated heterocycles. The molecule has 0 aliphatic carbocycles. The highest BCUT2D eigenvalue weighted by Crippen LogP contribution is 2.32. The number of benzene rings is 1. The Kier molecular flexibility index (Phi) is 6.14. The van der Waals surface area contributed by atoms with E-state index in [9.17, 15) is 26.4 Å². The van der Waals surface area contributed by atoms with E-state index in [2.05, 4.69) is 5.32 Å². The zero-order valence-electron chi connectivity index (χ0n) is 12.6. The summed E-state index contributed by atoms with van der Waals surface area (Å²) >= 11 is 0. The molecule has 0 spiro atoms. The fourth-order valence-corrected chi connectivity index (χ4v) is 2.52. The summed E-state index contributed by atoms with van der Waals surface area (Å²) in [6.07, 6.45) is -4.58. The van der Waals surface area contributed by atoms with Crippen molar-refractivity contribution in [2.45, 2.75) is 19.6 Å². The number of alkyl halides is 3. The number of nitrogens with one attached hydrogen (secondary N) is 1. The molecule has 0 bridgehead atoms. The Balaban J connectivity index is 2.94. The smallest absolute Gasteiger partial charge is 0.326 e. The molecule has 1 aromatic carbocycles. The maximum absolute atomic E-state index is 12.8. The lowest BCUT2D eigenvalue weighted by Crippen LogP contribution is -2.35. The average Bonchev–Trinajstić information content (AvgIpc) is 2.45. The average molecular weight is 353 g/mol. The molecule has 0 atom stereocenters. The zero-order chi connectivity index (χ0) is 17.8. The predicted molar refractivity (Wildman–Crippen MR) is 80.1 cm³/mol. The highest BCUT2D eigenvalue weighted by Gasteiger charge is 2.31. The maximum Gasteiger partial charge on any atom is 0.416 e. The van der Waals surface area contributed by atoms with Crippen LogP contribution < -0.4 is 11.1 Å². The fourth-order valence-electron chi connectivity index (χ4n) is 1.77. The van der Waals surface area contributed by atoms with Crippen molar-refractivity contribution in [2.75, 3.05) is 24.7 Å². The van der Waals surface area contributed by atoms with Gasteiger partial charge in [0, 0.05) is 19.3 Å². The zero-order valence-corrected chi connectivity index (χ0v) is 13.5. The van der Waals surface area contributed by atoms with Gasteiger partial charge in [-0.15, -0.1) is 0 Å². The van der Waals surface area contributed by atoms with E-state index in [-0.39, 0.29) is 23.5 Å².